The molecular formula is C17H23NO3. The highest BCUT2D eigenvalue weighted by Gasteiger charge is 2.72. The van der Waals surface area contributed by atoms with Crippen LogP contribution in [0.4, 0.5) is 0 Å². The molecule has 4 heteroatoms. The number of carbonyl (C=O) groups excluding carboxylic acids is 1. The molecular weight excluding hydrogens is 266 g/mol. The highest BCUT2D eigenvalue weighted by atomic mass is 16.6. The molecule has 4 nitrogen and oxygen atoms in total. The van der Waals surface area contributed by atoms with E-state index in [0.717, 1.165) is 5.56 Å². The molecule has 0 spiro atoms. The Hall–Kier alpha value is -1.39. The van der Waals surface area contributed by atoms with Crippen LogP contribution in [0, 0.1) is 5.41 Å². The second kappa shape index (κ2) is 4.55. The SMILES string of the molecule is CC(C)(C)OC(=O)C12CC(CN)(C1)OC2c1ccccc1. The minimum absolute atomic E-state index is 0.162. The lowest BCUT2D eigenvalue weighted by Crippen LogP contribution is -2.54. The van der Waals surface area contributed by atoms with E-state index >= 15 is 0 Å². The standard InChI is InChI=1S/C17H23NO3/c1-15(2,3)21-14(19)17-9-16(10-17,11-18)20-13(17)12-7-5-4-6-8-12/h4-8,13H,9-11,18H2,1-3H3. The number of benzene rings is 1. The van der Waals surface area contributed by atoms with E-state index in [0.29, 0.717) is 19.4 Å². The van der Waals surface area contributed by atoms with Gasteiger partial charge in [-0.25, -0.2) is 0 Å². The van der Waals surface area contributed by atoms with Crippen molar-refractivity contribution in [2.45, 2.75) is 50.9 Å². The molecule has 114 valence electrons. The number of esters is 1. The second-order valence-corrected chi connectivity index (χ2v) is 7.31. The summed E-state index contributed by atoms with van der Waals surface area (Å²) in [5, 5.41) is 0. The minimum Gasteiger partial charge on any atom is -0.459 e. The summed E-state index contributed by atoms with van der Waals surface area (Å²) in [5.74, 6) is -0.162. The van der Waals surface area contributed by atoms with Crippen molar-refractivity contribution >= 4 is 5.97 Å². The van der Waals surface area contributed by atoms with Crippen LogP contribution in [0.1, 0.15) is 45.3 Å². The van der Waals surface area contributed by atoms with Crippen molar-refractivity contribution in [1.29, 1.82) is 0 Å². The van der Waals surface area contributed by atoms with Crippen LogP contribution in [0.25, 0.3) is 0 Å². The molecule has 0 aromatic heterocycles. The molecule has 3 aliphatic rings. The van der Waals surface area contributed by atoms with E-state index < -0.39 is 11.0 Å². The maximum absolute atomic E-state index is 12.7. The number of carbonyl (C=O) groups is 1. The van der Waals surface area contributed by atoms with Crippen LogP contribution in [-0.2, 0) is 14.3 Å². The van der Waals surface area contributed by atoms with E-state index in [1.165, 1.54) is 0 Å². The number of ether oxygens (including phenoxy) is 2. The van der Waals surface area contributed by atoms with Crippen molar-refractivity contribution in [3.05, 3.63) is 35.9 Å². The summed E-state index contributed by atoms with van der Waals surface area (Å²) < 4.78 is 11.8. The van der Waals surface area contributed by atoms with Gasteiger partial charge in [-0.3, -0.25) is 4.79 Å². The molecule has 0 radical (unpaired) electrons. The predicted molar refractivity (Wildman–Crippen MR) is 79.6 cm³/mol. The van der Waals surface area contributed by atoms with E-state index in [9.17, 15) is 4.79 Å². The zero-order valence-electron chi connectivity index (χ0n) is 12.9. The predicted octanol–water partition coefficient (Wildman–Crippen LogP) is 2.58. The van der Waals surface area contributed by atoms with E-state index in [1.54, 1.807) is 0 Å². The molecule has 1 aromatic carbocycles. The molecule has 1 aromatic rings. The van der Waals surface area contributed by atoms with Crippen molar-refractivity contribution in [3.63, 3.8) is 0 Å². The average Bonchev–Trinajstić information content (AvgIpc) is 2.89. The maximum Gasteiger partial charge on any atom is 0.315 e. The summed E-state index contributed by atoms with van der Waals surface area (Å²) >= 11 is 0. The molecule has 1 unspecified atom stereocenters. The van der Waals surface area contributed by atoms with Gasteiger partial charge in [0, 0.05) is 6.54 Å². The molecule has 4 rings (SSSR count). The molecule has 21 heavy (non-hydrogen) atoms. The third kappa shape index (κ3) is 2.27. The Kier molecular flexibility index (Phi) is 3.15. The van der Waals surface area contributed by atoms with Crippen LogP contribution in [0.3, 0.4) is 0 Å². The molecule has 0 amide bonds. The smallest absolute Gasteiger partial charge is 0.315 e. The van der Waals surface area contributed by atoms with E-state index in [1.807, 2.05) is 51.1 Å². The average molecular weight is 289 g/mol. The van der Waals surface area contributed by atoms with Gasteiger partial charge in [0.2, 0.25) is 0 Å². The third-order valence-corrected chi connectivity index (χ3v) is 4.42. The lowest BCUT2D eigenvalue weighted by Gasteiger charge is -2.43. The lowest BCUT2D eigenvalue weighted by molar-refractivity contribution is -0.173. The Morgan fingerprint density at radius 1 is 1.33 bits per heavy atom. The monoisotopic (exact) mass is 289 g/mol. The minimum atomic E-state index is -0.575. The summed E-state index contributed by atoms with van der Waals surface area (Å²) in [4.78, 5) is 12.7. The van der Waals surface area contributed by atoms with Crippen LogP contribution in [0.5, 0.6) is 0 Å². The number of fused-ring (bicyclic) bond motifs is 1. The lowest BCUT2D eigenvalue weighted by atomic mass is 9.59. The van der Waals surface area contributed by atoms with Gasteiger partial charge in [-0.1, -0.05) is 30.3 Å². The third-order valence-electron chi connectivity index (χ3n) is 4.42. The summed E-state index contributed by atoms with van der Waals surface area (Å²) in [6.45, 7) is 6.12. The van der Waals surface area contributed by atoms with Gasteiger partial charge in [0.15, 0.2) is 0 Å². The molecule has 2 bridgehead atoms. The molecule has 2 aliphatic heterocycles. The van der Waals surface area contributed by atoms with Gasteiger partial charge < -0.3 is 15.2 Å². The van der Waals surface area contributed by atoms with Crippen LogP contribution in [0.2, 0.25) is 0 Å². The van der Waals surface area contributed by atoms with E-state index in [4.69, 9.17) is 15.2 Å². The van der Waals surface area contributed by atoms with Crippen LogP contribution >= 0.6 is 0 Å². The van der Waals surface area contributed by atoms with Gasteiger partial charge in [-0.05, 0) is 39.2 Å². The molecule has 3 fully saturated rings. The van der Waals surface area contributed by atoms with E-state index in [-0.39, 0.29) is 17.7 Å². The van der Waals surface area contributed by atoms with Gasteiger partial charge in [-0.2, -0.15) is 0 Å². The molecule has 2 heterocycles. The molecule has 1 atom stereocenters. The Morgan fingerprint density at radius 2 is 1.95 bits per heavy atom. The first kappa shape index (κ1) is 14.5. The summed E-state index contributed by atoms with van der Waals surface area (Å²) in [5.41, 5.74) is 5.47. The first-order valence-corrected chi connectivity index (χ1v) is 7.47. The summed E-state index contributed by atoms with van der Waals surface area (Å²) in [6, 6.07) is 9.89. The van der Waals surface area contributed by atoms with Crippen molar-refractivity contribution in [1.82, 2.24) is 0 Å². The fourth-order valence-electron chi connectivity index (χ4n) is 3.57. The van der Waals surface area contributed by atoms with Gasteiger partial charge >= 0.3 is 5.97 Å². The van der Waals surface area contributed by atoms with Crippen molar-refractivity contribution in [2.24, 2.45) is 11.1 Å². The molecule has 1 saturated carbocycles. The van der Waals surface area contributed by atoms with Gasteiger partial charge in [-0.15, -0.1) is 0 Å². The highest BCUT2D eigenvalue weighted by Crippen LogP contribution is 2.67. The number of hydrogen-bond donors (Lipinski definition) is 1. The molecule has 1 aliphatic carbocycles. The van der Waals surface area contributed by atoms with Crippen molar-refractivity contribution in [2.75, 3.05) is 6.54 Å². The number of rotatable bonds is 3. The van der Waals surface area contributed by atoms with Gasteiger partial charge in [0.1, 0.15) is 11.0 Å². The number of nitrogens with two attached hydrogens (primary N) is 1. The zero-order valence-corrected chi connectivity index (χ0v) is 12.9. The first-order chi connectivity index (χ1) is 9.80. The molecule has 2 N–H and O–H groups in total. The summed E-state index contributed by atoms with van der Waals surface area (Å²) in [7, 11) is 0. The quantitative estimate of drug-likeness (QED) is 0.869. The van der Waals surface area contributed by atoms with Gasteiger partial charge in [0.25, 0.3) is 0 Å². The topological polar surface area (TPSA) is 61.5 Å². The van der Waals surface area contributed by atoms with Gasteiger partial charge in [0.05, 0.1) is 11.7 Å². The Morgan fingerprint density at radius 3 is 2.48 bits per heavy atom. The van der Waals surface area contributed by atoms with Crippen molar-refractivity contribution < 1.29 is 14.3 Å². The zero-order chi connectivity index (χ0) is 15.3. The fourth-order valence-corrected chi connectivity index (χ4v) is 3.57. The Balaban J connectivity index is 1.91. The van der Waals surface area contributed by atoms with Crippen LogP contribution in [-0.4, -0.2) is 23.7 Å². The second-order valence-electron chi connectivity index (χ2n) is 7.31. The Labute approximate surface area is 125 Å². The van der Waals surface area contributed by atoms with E-state index in [2.05, 4.69) is 0 Å². The van der Waals surface area contributed by atoms with Crippen LogP contribution < -0.4 is 5.73 Å². The fraction of sp³-hybridized carbons (Fsp3) is 0.588. The largest absolute Gasteiger partial charge is 0.459 e. The van der Waals surface area contributed by atoms with Crippen molar-refractivity contribution in [3.8, 4) is 0 Å². The summed E-state index contributed by atoms with van der Waals surface area (Å²) in [6.07, 6.45) is 1.06. The number of hydrogen-bond acceptors (Lipinski definition) is 4. The first-order valence-electron chi connectivity index (χ1n) is 7.47. The highest BCUT2D eigenvalue weighted by molar-refractivity contribution is 5.81. The maximum atomic E-state index is 12.7. The van der Waals surface area contributed by atoms with Crippen LogP contribution in [0.15, 0.2) is 30.3 Å². The Bertz CT molecular complexity index is 541. The normalized spacial score (nSPS) is 34.4. The molecule has 2 saturated heterocycles.